The van der Waals surface area contributed by atoms with Crippen LogP contribution in [-0.2, 0) is 6.54 Å². The maximum atomic E-state index is 5.54. The van der Waals surface area contributed by atoms with E-state index in [4.69, 9.17) is 5.73 Å². The molecule has 0 fully saturated rings. The average molecular weight is 193 g/mol. The molecule has 78 valence electrons. The molecule has 3 heteroatoms. The first-order chi connectivity index (χ1) is 6.63. The number of nitrogens with zero attached hydrogens (tertiary/aromatic N) is 2. The maximum absolute atomic E-state index is 5.54. The molecule has 0 aliphatic rings. The molecule has 0 aliphatic carbocycles. The van der Waals surface area contributed by atoms with Gasteiger partial charge in [0.15, 0.2) is 0 Å². The predicted molar refractivity (Wildman–Crippen MR) is 60.2 cm³/mol. The van der Waals surface area contributed by atoms with Gasteiger partial charge in [0.25, 0.3) is 0 Å². The molecule has 1 heterocycles. The molecule has 0 aromatic carbocycles. The van der Waals surface area contributed by atoms with Crippen molar-refractivity contribution >= 4 is 5.82 Å². The van der Waals surface area contributed by atoms with Gasteiger partial charge in [-0.15, -0.1) is 0 Å². The van der Waals surface area contributed by atoms with E-state index in [2.05, 4.69) is 30.8 Å². The molecule has 0 atom stereocenters. The Hall–Kier alpha value is -1.09. The van der Waals surface area contributed by atoms with Gasteiger partial charge in [-0.05, 0) is 18.1 Å². The molecule has 14 heavy (non-hydrogen) atoms. The molecule has 0 saturated heterocycles. The molecule has 0 aliphatic heterocycles. The zero-order valence-electron chi connectivity index (χ0n) is 9.20. The zero-order chi connectivity index (χ0) is 10.6. The standard InChI is InChI=1S/C11H19N3/c1-9(2)8-14(3)11-6-4-5-10(7-12)13-11/h4-6,9H,7-8,12H2,1-3H3. The van der Waals surface area contributed by atoms with E-state index in [1.165, 1.54) is 0 Å². The number of rotatable bonds is 4. The fraction of sp³-hybridized carbons (Fsp3) is 0.545. The zero-order valence-corrected chi connectivity index (χ0v) is 9.20. The summed E-state index contributed by atoms with van der Waals surface area (Å²) in [6.45, 7) is 5.91. The van der Waals surface area contributed by atoms with Gasteiger partial charge in [0.2, 0.25) is 0 Å². The lowest BCUT2D eigenvalue weighted by Crippen LogP contribution is -2.23. The van der Waals surface area contributed by atoms with Gasteiger partial charge in [0.05, 0.1) is 5.69 Å². The first kappa shape index (κ1) is 11.0. The summed E-state index contributed by atoms with van der Waals surface area (Å²) < 4.78 is 0. The van der Waals surface area contributed by atoms with Gasteiger partial charge in [0, 0.05) is 20.1 Å². The molecule has 0 spiro atoms. The van der Waals surface area contributed by atoms with Crippen molar-refractivity contribution in [3.63, 3.8) is 0 Å². The molecular formula is C11H19N3. The lowest BCUT2D eigenvalue weighted by atomic mass is 10.2. The van der Waals surface area contributed by atoms with Crippen LogP contribution in [0.1, 0.15) is 19.5 Å². The van der Waals surface area contributed by atoms with E-state index >= 15 is 0 Å². The monoisotopic (exact) mass is 193 g/mol. The van der Waals surface area contributed by atoms with Crippen molar-refractivity contribution in [2.75, 3.05) is 18.5 Å². The number of anilines is 1. The van der Waals surface area contributed by atoms with E-state index in [1.54, 1.807) is 0 Å². The third kappa shape index (κ3) is 3.00. The van der Waals surface area contributed by atoms with Gasteiger partial charge < -0.3 is 10.6 Å². The van der Waals surface area contributed by atoms with Gasteiger partial charge in [-0.1, -0.05) is 19.9 Å². The van der Waals surface area contributed by atoms with E-state index in [0.29, 0.717) is 12.5 Å². The van der Waals surface area contributed by atoms with Crippen LogP contribution in [0.3, 0.4) is 0 Å². The molecule has 0 radical (unpaired) electrons. The summed E-state index contributed by atoms with van der Waals surface area (Å²) in [6, 6.07) is 5.97. The Kier molecular flexibility index (Phi) is 3.89. The van der Waals surface area contributed by atoms with Crippen LogP contribution in [0.2, 0.25) is 0 Å². The van der Waals surface area contributed by atoms with Gasteiger partial charge >= 0.3 is 0 Å². The van der Waals surface area contributed by atoms with Crippen LogP contribution in [0.15, 0.2) is 18.2 Å². The highest BCUT2D eigenvalue weighted by Crippen LogP contribution is 2.11. The number of aromatic nitrogens is 1. The Morgan fingerprint density at radius 1 is 1.43 bits per heavy atom. The van der Waals surface area contributed by atoms with Crippen LogP contribution in [0.5, 0.6) is 0 Å². The topological polar surface area (TPSA) is 42.1 Å². The van der Waals surface area contributed by atoms with Crippen molar-refractivity contribution in [1.82, 2.24) is 4.98 Å². The highest BCUT2D eigenvalue weighted by Gasteiger charge is 2.04. The van der Waals surface area contributed by atoms with E-state index in [0.717, 1.165) is 18.1 Å². The van der Waals surface area contributed by atoms with Crippen LogP contribution in [-0.4, -0.2) is 18.6 Å². The number of nitrogens with two attached hydrogens (primary N) is 1. The average Bonchev–Trinajstić information content (AvgIpc) is 2.17. The Morgan fingerprint density at radius 2 is 2.14 bits per heavy atom. The van der Waals surface area contributed by atoms with Crippen molar-refractivity contribution in [3.8, 4) is 0 Å². The van der Waals surface area contributed by atoms with Crippen molar-refractivity contribution in [1.29, 1.82) is 0 Å². The Labute approximate surface area is 85.9 Å². The maximum Gasteiger partial charge on any atom is 0.128 e. The van der Waals surface area contributed by atoms with E-state index in [-0.39, 0.29) is 0 Å². The van der Waals surface area contributed by atoms with Gasteiger partial charge in [0.1, 0.15) is 5.82 Å². The van der Waals surface area contributed by atoms with Gasteiger partial charge in [-0.2, -0.15) is 0 Å². The molecule has 0 saturated carbocycles. The molecule has 0 unspecified atom stereocenters. The van der Waals surface area contributed by atoms with Crippen molar-refractivity contribution in [2.45, 2.75) is 20.4 Å². The summed E-state index contributed by atoms with van der Waals surface area (Å²) in [7, 11) is 2.06. The fourth-order valence-corrected chi connectivity index (χ4v) is 1.43. The first-order valence-electron chi connectivity index (χ1n) is 5.00. The predicted octanol–water partition coefficient (Wildman–Crippen LogP) is 1.63. The highest BCUT2D eigenvalue weighted by atomic mass is 15.2. The second kappa shape index (κ2) is 4.96. The quantitative estimate of drug-likeness (QED) is 0.790. The summed E-state index contributed by atoms with van der Waals surface area (Å²) in [5.74, 6) is 1.64. The minimum Gasteiger partial charge on any atom is -0.359 e. The summed E-state index contributed by atoms with van der Waals surface area (Å²) in [5.41, 5.74) is 6.48. The number of hydrogen-bond acceptors (Lipinski definition) is 3. The van der Waals surface area contributed by atoms with E-state index in [9.17, 15) is 0 Å². The summed E-state index contributed by atoms with van der Waals surface area (Å²) in [6.07, 6.45) is 0. The molecule has 1 aromatic heterocycles. The Balaban J connectivity index is 2.73. The third-order valence-corrected chi connectivity index (χ3v) is 2.03. The molecule has 1 aromatic rings. The minimum absolute atomic E-state index is 0.503. The SMILES string of the molecule is CC(C)CN(C)c1cccc(CN)n1. The third-order valence-electron chi connectivity index (χ3n) is 2.03. The van der Waals surface area contributed by atoms with Crippen molar-refractivity contribution in [3.05, 3.63) is 23.9 Å². The second-order valence-electron chi connectivity index (χ2n) is 3.97. The molecule has 1 rings (SSSR count). The fourth-order valence-electron chi connectivity index (χ4n) is 1.43. The lowest BCUT2D eigenvalue weighted by molar-refractivity contribution is 0.634. The molecular weight excluding hydrogens is 174 g/mol. The molecule has 0 bridgehead atoms. The number of pyridine rings is 1. The van der Waals surface area contributed by atoms with Crippen LogP contribution in [0.4, 0.5) is 5.82 Å². The summed E-state index contributed by atoms with van der Waals surface area (Å²) in [4.78, 5) is 6.60. The summed E-state index contributed by atoms with van der Waals surface area (Å²) in [5, 5.41) is 0. The van der Waals surface area contributed by atoms with Crippen LogP contribution in [0.25, 0.3) is 0 Å². The van der Waals surface area contributed by atoms with E-state index < -0.39 is 0 Å². The summed E-state index contributed by atoms with van der Waals surface area (Å²) >= 11 is 0. The van der Waals surface area contributed by atoms with Crippen LogP contribution in [0, 0.1) is 5.92 Å². The van der Waals surface area contributed by atoms with E-state index in [1.807, 2.05) is 18.2 Å². The van der Waals surface area contributed by atoms with Crippen molar-refractivity contribution < 1.29 is 0 Å². The highest BCUT2D eigenvalue weighted by molar-refractivity contribution is 5.38. The lowest BCUT2D eigenvalue weighted by Gasteiger charge is -2.20. The Morgan fingerprint density at radius 3 is 2.71 bits per heavy atom. The van der Waals surface area contributed by atoms with Crippen LogP contribution >= 0.6 is 0 Å². The normalized spacial score (nSPS) is 10.6. The second-order valence-corrected chi connectivity index (χ2v) is 3.97. The largest absolute Gasteiger partial charge is 0.359 e. The molecule has 3 nitrogen and oxygen atoms in total. The van der Waals surface area contributed by atoms with Crippen molar-refractivity contribution in [2.24, 2.45) is 11.7 Å². The number of hydrogen-bond donors (Lipinski definition) is 1. The van der Waals surface area contributed by atoms with Gasteiger partial charge in [-0.25, -0.2) is 4.98 Å². The minimum atomic E-state index is 0.503. The Bertz CT molecular complexity index is 284. The molecule has 0 amide bonds. The molecule has 2 N–H and O–H groups in total. The van der Waals surface area contributed by atoms with Crippen LogP contribution < -0.4 is 10.6 Å². The smallest absolute Gasteiger partial charge is 0.128 e. The van der Waals surface area contributed by atoms with Gasteiger partial charge in [-0.3, -0.25) is 0 Å². The first-order valence-corrected chi connectivity index (χ1v) is 5.00.